The van der Waals surface area contributed by atoms with Gasteiger partial charge in [-0.2, -0.15) is 0 Å². The SMILES string of the molecule is Cc1c(O)cccc1C1=NC([C@H](O)CN2C[C@H]3CCCC[C@H]3C[C@H]2C(=O)NC(C)(C)C)CO1. The van der Waals surface area contributed by atoms with Crippen LogP contribution in [-0.4, -0.2) is 70.3 Å². The summed E-state index contributed by atoms with van der Waals surface area (Å²) in [4.78, 5) is 20.0. The number of aromatic hydroxyl groups is 1. The minimum atomic E-state index is -0.731. The summed E-state index contributed by atoms with van der Waals surface area (Å²) in [6, 6.07) is 4.65. The molecule has 0 radical (unpaired) electrons. The van der Waals surface area contributed by atoms with Crippen molar-refractivity contribution in [3.05, 3.63) is 29.3 Å². The van der Waals surface area contributed by atoms with Crippen molar-refractivity contribution in [1.29, 1.82) is 0 Å². The van der Waals surface area contributed by atoms with Crippen LogP contribution in [0.1, 0.15) is 64.0 Å². The van der Waals surface area contributed by atoms with Gasteiger partial charge in [0.05, 0.1) is 12.1 Å². The highest BCUT2D eigenvalue weighted by molar-refractivity contribution is 5.97. The molecule has 33 heavy (non-hydrogen) atoms. The van der Waals surface area contributed by atoms with E-state index in [1.54, 1.807) is 12.1 Å². The Hall–Kier alpha value is -2.12. The van der Waals surface area contributed by atoms with Crippen molar-refractivity contribution < 1.29 is 19.7 Å². The van der Waals surface area contributed by atoms with Crippen LogP contribution < -0.4 is 5.32 Å². The number of nitrogens with zero attached hydrogens (tertiary/aromatic N) is 2. The molecule has 1 aromatic carbocycles. The molecule has 7 heteroatoms. The molecule has 4 rings (SSSR count). The topological polar surface area (TPSA) is 94.4 Å². The number of likely N-dealkylation sites (tertiary alicyclic amines) is 1. The molecule has 5 atom stereocenters. The summed E-state index contributed by atoms with van der Waals surface area (Å²) < 4.78 is 5.80. The number of piperidine rings is 1. The summed E-state index contributed by atoms with van der Waals surface area (Å²) in [5, 5.41) is 24.3. The summed E-state index contributed by atoms with van der Waals surface area (Å²) in [5.74, 6) is 1.90. The van der Waals surface area contributed by atoms with E-state index in [0.717, 1.165) is 18.5 Å². The molecule has 3 N–H and O–H groups in total. The third-order valence-corrected chi connectivity index (χ3v) is 7.38. The largest absolute Gasteiger partial charge is 0.508 e. The standard InChI is InChI=1S/C26H39N3O4/c1-16-19(10-7-11-22(16)30)25-27-20(15-33-25)23(31)14-29-13-18-9-6-5-8-17(18)12-21(29)24(32)28-26(2,3)4/h7,10-11,17-18,20-21,23,30-31H,5-6,8-9,12-15H2,1-4H3,(H,28,32)/t17-,18+,20?,21-,23+/m0/s1. The van der Waals surface area contributed by atoms with E-state index in [1.807, 2.05) is 33.8 Å². The zero-order chi connectivity index (χ0) is 23.8. The summed E-state index contributed by atoms with van der Waals surface area (Å²) in [7, 11) is 0. The fraction of sp³-hybridized carbons (Fsp3) is 0.692. The molecule has 1 saturated heterocycles. The van der Waals surface area contributed by atoms with Gasteiger partial charge in [-0.05, 0) is 64.5 Å². The summed E-state index contributed by atoms with van der Waals surface area (Å²) in [6.07, 6.45) is 5.04. The first-order valence-corrected chi connectivity index (χ1v) is 12.4. The van der Waals surface area contributed by atoms with Gasteiger partial charge in [0.25, 0.3) is 0 Å². The first-order chi connectivity index (χ1) is 15.6. The molecule has 1 amide bonds. The normalized spacial score (nSPS) is 29.1. The quantitative estimate of drug-likeness (QED) is 0.632. The number of β-amino-alcohol motifs (C(OH)–C–C–N with tert-alkyl or cyclic N) is 1. The first-order valence-electron chi connectivity index (χ1n) is 12.4. The number of rotatable bonds is 5. The van der Waals surface area contributed by atoms with Crippen LogP contribution in [0.25, 0.3) is 0 Å². The Kier molecular flexibility index (Phi) is 7.01. The fourth-order valence-corrected chi connectivity index (χ4v) is 5.58. The van der Waals surface area contributed by atoms with Crippen LogP contribution in [0.2, 0.25) is 0 Å². The van der Waals surface area contributed by atoms with Crippen LogP contribution in [0.4, 0.5) is 0 Å². The van der Waals surface area contributed by atoms with Crippen LogP contribution in [0.15, 0.2) is 23.2 Å². The second kappa shape index (κ2) is 9.63. The van der Waals surface area contributed by atoms with Crippen molar-refractivity contribution >= 4 is 11.8 Å². The van der Waals surface area contributed by atoms with Crippen LogP contribution in [0, 0.1) is 18.8 Å². The van der Waals surface area contributed by atoms with Crippen molar-refractivity contribution in [3.63, 3.8) is 0 Å². The van der Waals surface area contributed by atoms with Gasteiger partial charge in [-0.15, -0.1) is 0 Å². The van der Waals surface area contributed by atoms with E-state index in [-0.39, 0.29) is 23.2 Å². The number of amides is 1. The van der Waals surface area contributed by atoms with Gasteiger partial charge in [-0.1, -0.05) is 25.3 Å². The summed E-state index contributed by atoms with van der Waals surface area (Å²) in [6.45, 7) is 9.38. The fourth-order valence-electron chi connectivity index (χ4n) is 5.58. The van der Waals surface area contributed by atoms with Crippen molar-refractivity contribution in [2.75, 3.05) is 19.7 Å². The summed E-state index contributed by atoms with van der Waals surface area (Å²) >= 11 is 0. The molecule has 1 aliphatic carbocycles. The number of hydrogen-bond acceptors (Lipinski definition) is 6. The Labute approximate surface area is 197 Å². The minimum Gasteiger partial charge on any atom is -0.508 e. The lowest BCUT2D eigenvalue weighted by Gasteiger charge is -2.46. The van der Waals surface area contributed by atoms with E-state index < -0.39 is 12.1 Å². The third kappa shape index (κ3) is 5.52. The Balaban J connectivity index is 1.48. The van der Waals surface area contributed by atoms with Gasteiger partial charge in [-0.25, -0.2) is 4.99 Å². The minimum absolute atomic E-state index is 0.0565. The summed E-state index contributed by atoms with van der Waals surface area (Å²) in [5.41, 5.74) is 1.17. The number of phenolic OH excluding ortho intramolecular Hbond substituents is 1. The van der Waals surface area contributed by atoms with Crippen molar-refractivity contribution in [1.82, 2.24) is 10.2 Å². The second-order valence-electron chi connectivity index (χ2n) is 11.1. The Morgan fingerprint density at radius 3 is 2.73 bits per heavy atom. The molecule has 3 aliphatic rings. The number of ether oxygens (including phenoxy) is 1. The van der Waals surface area contributed by atoms with Gasteiger partial charge in [-0.3, -0.25) is 9.69 Å². The lowest BCUT2D eigenvalue weighted by atomic mass is 9.72. The van der Waals surface area contributed by atoms with Gasteiger partial charge in [0.2, 0.25) is 11.8 Å². The maximum atomic E-state index is 13.2. The molecule has 182 valence electrons. The van der Waals surface area contributed by atoms with Crippen molar-refractivity contribution in [2.24, 2.45) is 16.8 Å². The number of benzene rings is 1. The van der Waals surface area contributed by atoms with E-state index in [2.05, 4.69) is 15.2 Å². The van der Waals surface area contributed by atoms with E-state index >= 15 is 0 Å². The average Bonchev–Trinajstić information content (AvgIpc) is 3.24. The Bertz CT molecular complexity index is 894. The Morgan fingerprint density at radius 2 is 2.00 bits per heavy atom. The highest BCUT2D eigenvalue weighted by Gasteiger charge is 2.42. The molecule has 1 aromatic rings. The van der Waals surface area contributed by atoms with E-state index in [4.69, 9.17) is 4.74 Å². The smallest absolute Gasteiger partial charge is 0.237 e. The average molecular weight is 458 g/mol. The number of aliphatic imine (C=N–C) groups is 1. The highest BCUT2D eigenvalue weighted by atomic mass is 16.5. The van der Waals surface area contributed by atoms with Gasteiger partial charge >= 0.3 is 0 Å². The predicted octanol–water partition coefficient (Wildman–Crippen LogP) is 3.00. The lowest BCUT2D eigenvalue weighted by molar-refractivity contribution is -0.132. The molecule has 2 heterocycles. The van der Waals surface area contributed by atoms with Gasteiger partial charge in [0.15, 0.2) is 0 Å². The van der Waals surface area contributed by atoms with Gasteiger partial charge < -0.3 is 20.3 Å². The van der Waals surface area contributed by atoms with Crippen LogP contribution in [0.5, 0.6) is 5.75 Å². The second-order valence-corrected chi connectivity index (χ2v) is 11.1. The number of aliphatic hydroxyl groups is 1. The van der Waals surface area contributed by atoms with E-state index in [0.29, 0.717) is 36.4 Å². The third-order valence-electron chi connectivity index (χ3n) is 7.38. The zero-order valence-corrected chi connectivity index (χ0v) is 20.4. The molecule has 1 saturated carbocycles. The molecule has 0 bridgehead atoms. The first kappa shape index (κ1) is 24.0. The molecule has 1 unspecified atom stereocenters. The van der Waals surface area contributed by atoms with Gasteiger partial charge in [0.1, 0.15) is 18.4 Å². The maximum Gasteiger partial charge on any atom is 0.237 e. The lowest BCUT2D eigenvalue weighted by Crippen LogP contribution is -2.59. The number of hydrogen-bond donors (Lipinski definition) is 3. The number of aliphatic hydroxyl groups excluding tert-OH is 1. The van der Waals surface area contributed by atoms with Crippen LogP contribution in [-0.2, 0) is 9.53 Å². The van der Waals surface area contributed by atoms with Crippen LogP contribution in [0.3, 0.4) is 0 Å². The monoisotopic (exact) mass is 457 g/mol. The molecule has 2 fully saturated rings. The van der Waals surface area contributed by atoms with E-state index in [9.17, 15) is 15.0 Å². The van der Waals surface area contributed by atoms with Crippen molar-refractivity contribution in [2.45, 2.75) is 83.5 Å². The molecule has 0 aromatic heterocycles. The number of nitrogens with one attached hydrogen (secondary N) is 1. The van der Waals surface area contributed by atoms with Gasteiger partial charge in [0, 0.05) is 29.8 Å². The molecule has 7 nitrogen and oxygen atoms in total. The molecular weight excluding hydrogens is 418 g/mol. The molecule has 0 spiro atoms. The number of phenols is 1. The van der Waals surface area contributed by atoms with Crippen molar-refractivity contribution in [3.8, 4) is 5.75 Å². The number of carbonyl (C=O) groups is 1. The highest BCUT2D eigenvalue weighted by Crippen LogP contribution is 2.39. The zero-order valence-electron chi connectivity index (χ0n) is 20.4. The number of carbonyl (C=O) groups excluding carboxylic acids is 1. The maximum absolute atomic E-state index is 13.2. The van der Waals surface area contributed by atoms with E-state index in [1.165, 1.54) is 25.7 Å². The molecular formula is C26H39N3O4. The Morgan fingerprint density at radius 1 is 1.27 bits per heavy atom. The predicted molar refractivity (Wildman–Crippen MR) is 128 cm³/mol. The number of fused-ring (bicyclic) bond motifs is 1. The van der Waals surface area contributed by atoms with Crippen LogP contribution >= 0.6 is 0 Å². The molecule has 2 aliphatic heterocycles.